The van der Waals surface area contributed by atoms with E-state index in [0.717, 1.165) is 5.56 Å². The number of urea groups is 4. The molecule has 170 valence electrons. The van der Waals surface area contributed by atoms with Crippen LogP contribution >= 0.6 is 0 Å². The van der Waals surface area contributed by atoms with Crippen LogP contribution in [0.25, 0.3) is 0 Å². The molecule has 14 heteroatoms. The van der Waals surface area contributed by atoms with E-state index in [9.17, 15) is 19.2 Å². The van der Waals surface area contributed by atoms with Gasteiger partial charge in [0.25, 0.3) is 0 Å². The molecule has 0 spiro atoms. The molecule has 0 aliphatic heterocycles. The van der Waals surface area contributed by atoms with Gasteiger partial charge < -0.3 is 21.3 Å². The van der Waals surface area contributed by atoms with Crippen LogP contribution in [0.5, 0.6) is 0 Å². The summed E-state index contributed by atoms with van der Waals surface area (Å²) in [6.45, 7) is 3.51. The van der Waals surface area contributed by atoms with Gasteiger partial charge in [-0.15, -0.1) is 0 Å². The number of rotatable bonds is 4. The second-order valence-corrected chi connectivity index (χ2v) is 6.41. The highest BCUT2D eigenvalue weighted by Gasteiger charge is 2.10. The molecule has 2 aromatic carbocycles. The first-order chi connectivity index (χ1) is 15.2. The van der Waals surface area contributed by atoms with Crippen molar-refractivity contribution in [2.24, 2.45) is 11.7 Å². The molecule has 0 radical (unpaired) electrons. The lowest BCUT2D eigenvalue weighted by Crippen LogP contribution is -2.45. The number of anilines is 4. The lowest BCUT2D eigenvalue weighted by molar-refractivity contribution is 0.237. The Morgan fingerprint density at radius 1 is 0.594 bits per heavy atom. The Hall–Kier alpha value is -4.56. The van der Waals surface area contributed by atoms with Gasteiger partial charge in [-0.3, -0.25) is 10.9 Å². The highest BCUT2D eigenvalue weighted by Crippen LogP contribution is 2.21. The first kappa shape index (κ1) is 23.7. The molecule has 0 unspecified atom stereocenters. The fourth-order valence-electron chi connectivity index (χ4n) is 2.42. The van der Waals surface area contributed by atoms with Crippen molar-refractivity contribution in [1.82, 2.24) is 21.7 Å². The Balaban J connectivity index is 1.91. The number of hydrogen-bond acceptors (Lipinski definition) is 6. The summed E-state index contributed by atoms with van der Waals surface area (Å²) in [6.07, 6.45) is 0. The van der Waals surface area contributed by atoms with Gasteiger partial charge in [-0.05, 0) is 49.2 Å². The molecule has 0 aromatic heterocycles. The van der Waals surface area contributed by atoms with E-state index in [0.29, 0.717) is 28.3 Å². The molecule has 0 saturated carbocycles. The van der Waals surface area contributed by atoms with Crippen molar-refractivity contribution in [1.29, 1.82) is 0 Å². The molecule has 0 heterocycles. The van der Waals surface area contributed by atoms with Crippen molar-refractivity contribution >= 4 is 46.9 Å². The maximum absolute atomic E-state index is 12.1. The summed E-state index contributed by atoms with van der Waals surface area (Å²) >= 11 is 0. The molecule has 2 aromatic rings. The van der Waals surface area contributed by atoms with E-state index in [2.05, 4.69) is 32.1 Å². The van der Waals surface area contributed by atoms with Crippen LogP contribution in [-0.2, 0) is 0 Å². The van der Waals surface area contributed by atoms with Crippen LogP contribution in [0.4, 0.5) is 41.9 Å². The molecule has 32 heavy (non-hydrogen) atoms. The number of hydrazine groups is 3. The molecule has 0 bridgehead atoms. The lowest BCUT2D eigenvalue weighted by Gasteiger charge is -2.14. The van der Waals surface area contributed by atoms with E-state index in [1.165, 1.54) is 12.1 Å². The van der Waals surface area contributed by atoms with Crippen LogP contribution in [0.2, 0.25) is 0 Å². The SMILES string of the molecule is Cc1ccc(NC(=O)NNC(=O)Nc2cc(NC(=O)NN)ccc2C)cc1NC(=O)NN. The predicted octanol–water partition coefficient (Wildman–Crippen LogP) is 1.15. The number of nitrogens with one attached hydrogen (secondary N) is 8. The minimum Gasteiger partial charge on any atom is -0.307 e. The largest absolute Gasteiger partial charge is 0.337 e. The van der Waals surface area contributed by atoms with E-state index in [1.54, 1.807) is 38.1 Å². The van der Waals surface area contributed by atoms with Gasteiger partial charge >= 0.3 is 24.1 Å². The Kier molecular flexibility index (Phi) is 8.15. The summed E-state index contributed by atoms with van der Waals surface area (Å²) in [5.41, 5.74) is 11.3. The van der Waals surface area contributed by atoms with Crippen molar-refractivity contribution in [3.63, 3.8) is 0 Å². The van der Waals surface area contributed by atoms with Crippen molar-refractivity contribution in [3.05, 3.63) is 47.5 Å². The van der Waals surface area contributed by atoms with Gasteiger partial charge in [-0.2, -0.15) is 0 Å². The second kappa shape index (κ2) is 11.0. The monoisotopic (exact) mass is 444 g/mol. The third-order valence-electron chi connectivity index (χ3n) is 4.04. The Morgan fingerprint density at radius 3 is 1.44 bits per heavy atom. The zero-order chi connectivity index (χ0) is 23.7. The standard InChI is InChI=1S/C18H24N10O4/c1-9-4-6-12(8-13(9)23-16(30)26-20)22-17(31)27-28-18(32)24-14-7-11(5-3-10(14)2)21-15(29)25-19/h3-8H,19-20H2,1-2H3,(H2,21,25,29)(H2,22,27,31)(H2,23,26,30)(H2,24,28,32). The van der Waals surface area contributed by atoms with E-state index in [4.69, 9.17) is 11.7 Å². The Bertz CT molecular complexity index is 1030. The quantitative estimate of drug-likeness (QED) is 0.189. The van der Waals surface area contributed by atoms with Gasteiger partial charge in [0.1, 0.15) is 0 Å². The normalized spacial score (nSPS) is 9.75. The fourth-order valence-corrected chi connectivity index (χ4v) is 2.42. The molecular weight excluding hydrogens is 420 g/mol. The summed E-state index contributed by atoms with van der Waals surface area (Å²) in [6, 6.07) is 6.92. The van der Waals surface area contributed by atoms with Crippen LogP contribution in [0.1, 0.15) is 11.1 Å². The zero-order valence-corrected chi connectivity index (χ0v) is 17.3. The third-order valence-corrected chi connectivity index (χ3v) is 4.04. The van der Waals surface area contributed by atoms with Crippen LogP contribution in [0.15, 0.2) is 36.4 Å². The van der Waals surface area contributed by atoms with E-state index >= 15 is 0 Å². The molecule has 0 fully saturated rings. The molecular formula is C18H24N10O4. The molecule has 0 aliphatic rings. The van der Waals surface area contributed by atoms with Crippen molar-refractivity contribution in [3.8, 4) is 0 Å². The lowest BCUT2D eigenvalue weighted by atomic mass is 10.2. The highest BCUT2D eigenvalue weighted by molar-refractivity contribution is 5.96. The number of aryl methyl sites for hydroxylation is 2. The smallest absolute Gasteiger partial charge is 0.307 e. The summed E-state index contributed by atoms with van der Waals surface area (Å²) < 4.78 is 0. The van der Waals surface area contributed by atoms with Crippen LogP contribution in [0.3, 0.4) is 0 Å². The van der Waals surface area contributed by atoms with Crippen LogP contribution in [0, 0.1) is 13.8 Å². The van der Waals surface area contributed by atoms with Gasteiger partial charge in [-0.1, -0.05) is 12.1 Å². The number of benzene rings is 2. The van der Waals surface area contributed by atoms with E-state index in [-0.39, 0.29) is 0 Å². The number of carbonyl (C=O) groups is 4. The van der Waals surface area contributed by atoms with E-state index in [1.807, 2.05) is 10.9 Å². The van der Waals surface area contributed by atoms with Gasteiger partial charge in [0, 0.05) is 22.7 Å². The van der Waals surface area contributed by atoms with Crippen LogP contribution in [-0.4, -0.2) is 24.1 Å². The minimum absolute atomic E-state index is 0.357. The van der Waals surface area contributed by atoms with Crippen molar-refractivity contribution in [2.45, 2.75) is 13.8 Å². The molecule has 12 N–H and O–H groups in total. The molecule has 2 rings (SSSR count). The predicted molar refractivity (Wildman–Crippen MR) is 119 cm³/mol. The Labute approximate surface area is 182 Å². The fraction of sp³-hybridized carbons (Fsp3) is 0.111. The second-order valence-electron chi connectivity index (χ2n) is 6.41. The summed E-state index contributed by atoms with van der Waals surface area (Å²) in [7, 11) is 0. The molecule has 0 aliphatic carbocycles. The molecule has 8 amide bonds. The number of carbonyl (C=O) groups excluding carboxylic acids is 4. The maximum atomic E-state index is 12.1. The Morgan fingerprint density at radius 2 is 0.969 bits per heavy atom. The average Bonchev–Trinajstić information content (AvgIpc) is 2.76. The van der Waals surface area contributed by atoms with Gasteiger partial charge in [-0.25, -0.2) is 41.7 Å². The maximum Gasteiger partial charge on any atom is 0.337 e. The number of amides is 8. The van der Waals surface area contributed by atoms with E-state index < -0.39 is 24.1 Å². The average molecular weight is 444 g/mol. The van der Waals surface area contributed by atoms with Crippen molar-refractivity contribution in [2.75, 3.05) is 21.3 Å². The number of hydrogen-bond donors (Lipinski definition) is 10. The molecule has 0 saturated heterocycles. The first-order valence-corrected chi connectivity index (χ1v) is 9.12. The van der Waals surface area contributed by atoms with Crippen molar-refractivity contribution < 1.29 is 19.2 Å². The molecule has 0 atom stereocenters. The third kappa shape index (κ3) is 7.05. The highest BCUT2D eigenvalue weighted by atomic mass is 16.2. The molecule has 14 nitrogen and oxygen atoms in total. The summed E-state index contributed by atoms with van der Waals surface area (Å²) in [5.74, 6) is 10.1. The summed E-state index contributed by atoms with van der Waals surface area (Å²) in [5, 5.41) is 10.0. The van der Waals surface area contributed by atoms with Gasteiger partial charge in [0.15, 0.2) is 0 Å². The topological polar surface area (TPSA) is 217 Å². The number of nitrogens with two attached hydrogens (primary N) is 2. The summed E-state index contributed by atoms with van der Waals surface area (Å²) in [4.78, 5) is 46.9. The van der Waals surface area contributed by atoms with Gasteiger partial charge in [0.2, 0.25) is 0 Å². The minimum atomic E-state index is -0.731. The van der Waals surface area contributed by atoms with Gasteiger partial charge in [0.05, 0.1) is 0 Å². The zero-order valence-electron chi connectivity index (χ0n) is 17.3. The first-order valence-electron chi connectivity index (χ1n) is 9.12. The van der Waals surface area contributed by atoms with Crippen LogP contribution < -0.4 is 54.7 Å².